The van der Waals surface area contributed by atoms with Crippen LogP contribution < -0.4 is 0 Å². The molecule has 6 aromatic rings. The van der Waals surface area contributed by atoms with Crippen LogP contribution >= 0.6 is 0 Å². The van der Waals surface area contributed by atoms with Crippen LogP contribution in [0.1, 0.15) is 109 Å². The smallest absolute Gasteiger partial charge is 0.193 e. The third kappa shape index (κ3) is 9.83. The Morgan fingerprint density at radius 2 is 0.750 bits per heavy atom. The minimum Gasteiger partial charge on any atom is -0.289 e. The Hall–Kier alpha value is -5.53. The van der Waals surface area contributed by atoms with E-state index in [9.17, 15) is 4.79 Å². The summed E-state index contributed by atoms with van der Waals surface area (Å²) in [4.78, 5) is 14.8. The number of carbonyl (C=O) groups is 1. The van der Waals surface area contributed by atoms with E-state index in [0.717, 1.165) is 70.2 Å². The van der Waals surface area contributed by atoms with Gasteiger partial charge >= 0.3 is 0 Å². The van der Waals surface area contributed by atoms with Gasteiger partial charge in [0, 0.05) is 11.1 Å². The number of hydrogen-bond acceptors (Lipinski definition) is 1. The highest BCUT2D eigenvalue weighted by atomic mass is 16.1. The minimum absolute atomic E-state index is 0.0679. The third-order valence-corrected chi connectivity index (χ3v) is 9.75. The second kappa shape index (κ2) is 17.6. The molecule has 260 valence electrons. The first-order chi connectivity index (χ1) is 25.4. The summed E-state index contributed by atoms with van der Waals surface area (Å²) < 4.78 is 0. The number of rotatable bonds is 14. The van der Waals surface area contributed by atoms with Crippen molar-refractivity contribution in [1.29, 1.82) is 0 Å². The van der Waals surface area contributed by atoms with Crippen molar-refractivity contribution in [2.24, 2.45) is 0 Å². The standard InChI is InChI=1S/C51H50O/c1-5-7-39-17-23-43(24-18-39)33-47-35-45(27-21-41-13-9-37(3)10-14-41)29-31-49(47)51(52)50-32-30-46(28-22-42-15-11-38(4)12-16-42)36-48(50)34-44-25-19-40(8-6-2)20-26-44/h9-32,35-36H,5-8,33-34H2,1-4H3/b27-21+,28-22+. The van der Waals surface area contributed by atoms with Gasteiger partial charge in [-0.3, -0.25) is 4.79 Å². The van der Waals surface area contributed by atoms with Gasteiger partial charge in [0.05, 0.1) is 0 Å². The molecule has 0 unspecified atom stereocenters. The van der Waals surface area contributed by atoms with Gasteiger partial charge in [-0.05, 0) is 95.2 Å². The highest BCUT2D eigenvalue weighted by Gasteiger charge is 2.19. The van der Waals surface area contributed by atoms with E-state index < -0.39 is 0 Å². The number of aryl methyl sites for hydroxylation is 4. The maximum atomic E-state index is 14.8. The van der Waals surface area contributed by atoms with E-state index in [4.69, 9.17) is 0 Å². The van der Waals surface area contributed by atoms with Gasteiger partial charge in [0.2, 0.25) is 0 Å². The topological polar surface area (TPSA) is 17.1 Å². The Labute approximate surface area is 311 Å². The Balaban J connectivity index is 1.37. The molecule has 6 rings (SSSR count). The fourth-order valence-corrected chi connectivity index (χ4v) is 6.72. The summed E-state index contributed by atoms with van der Waals surface area (Å²) in [6.07, 6.45) is 14.4. The first-order valence-corrected chi connectivity index (χ1v) is 18.8. The lowest BCUT2D eigenvalue weighted by Crippen LogP contribution is -2.10. The number of carbonyl (C=O) groups excluding carboxylic acids is 1. The molecule has 0 saturated carbocycles. The van der Waals surface area contributed by atoms with Gasteiger partial charge in [0.1, 0.15) is 0 Å². The summed E-state index contributed by atoms with van der Waals surface area (Å²) in [6, 6.07) is 47.5. The molecule has 0 fully saturated rings. The lowest BCUT2D eigenvalue weighted by Gasteiger charge is -2.15. The monoisotopic (exact) mass is 678 g/mol. The summed E-state index contributed by atoms with van der Waals surface area (Å²) >= 11 is 0. The number of benzene rings is 6. The maximum absolute atomic E-state index is 14.8. The molecule has 6 aromatic carbocycles. The van der Waals surface area contributed by atoms with Crippen molar-refractivity contribution in [2.45, 2.75) is 66.2 Å². The van der Waals surface area contributed by atoms with Crippen LogP contribution in [0.5, 0.6) is 0 Å². The van der Waals surface area contributed by atoms with E-state index in [0.29, 0.717) is 12.8 Å². The van der Waals surface area contributed by atoms with Gasteiger partial charge in [0.15, 0.2) is 5.78 Å². The van der Waals surface area contributed by atoms with Gasteiger partial charge in [0.25, 0.3) is 0 Å². The lowest BCUT2D eigenvalue weighted by atomic mass is 9.88. The molecule has 52 heavy (non-hydrogen) atoms. The molecular formula is C51H50O. The molecule has 0 radical (unpaired) electrons. The maximum Gasteiger partial charge on any atom is 0.193 e. The van der Waals surface area contributed by atoms with Gasteiger partial charge < -0.3 is 0 Å². The quantitative estimate of drug-likeness (QED) is 0.0828. The van der Waals surface area contributed by atoms with E-state index in [2.05, 4.69) is 173 Å². The predicted octanol–water partition coefficient (Wildman–Crippen LogP) is 13.0. The highest BCUT2D eigenvalue weighted by Crippen LogP contribution is 2.26. The van der Waals surface area contributed by atoms with Crippen molar-refractivity contribution < 1.29 is 4.79 Å². The van der Waals surface area contributed by atoms with Crippen LogP contribution in [-0.4, -0.2) is 5.78 Å². The Morgan fingerprint density at radius 1 is 0.423 bits per heavy atom. The average Bonchev–Trinajstić information content (AvgIpc) is 3.16. The van der Waals surface area contributed by atoms with Gasteiger partial charge in [-0.1, -0.05) is 196 Å². The van der Waals surface area contributed by atoms with E-state index >= 15 is 0 Å². The molecular weight excluding hydrogens is 629 g/mol. The fraction of sp³-hybridized carbons (Fsp3) is 0.196. The first kappa shape index (κ1) is 36.3. The molecule has 0 atom stereocenters. The summed E-state index contributed by atoms with van der Waals surface area (Å²) in [7, 11) is 0. The zero-order valence-corrected chi connectivity index (χ0v) is 31.2. The molecule has 0 aromatic heterocycles. The summed E-state index contributed by atoms with van der Waals surface area (Å²) in [6.45, 7) is 8.64. The molecule has 1 heteroatoms. The summed E-state index contributed by atoms with van der Waals surface area (Å²) in [5.41, 5.74) is 15.7. The van der Waals surface area contributed by atoms with Crippen LogP contribution in [0.4, 0.5) is 0 Å². The fourth-order valence-electron chi connectivity index (χ4n) is 6.72. The van der Waals surface area contributed by atoms with Crippen LogP contribution in [0.15, 0.2) is 133 Å². The minimum atomic E-state index is 0.0679. The van der Waals surface area contributed by atoms with Gasteiger partial charge in [-0.2, -0.15) is 0 Å². The number of hydrogen-bond donors (Lipinski definition) is 0. The van der Waals surface area contributed by atoms with Crippen LogP contribution in [0.25, 0.3) is 24.3 Å². The molecule has 0 saturated heterocycles. The molecule has 0 aliphatic heterocycles. The zero-order valence-electron chi connectivity index (χ0n) is 31.2. The van der Waals surface area contributed by atoms with E-state index in [1.165, 1.54) is 33.4 Å². The zero-order chi connectivity index (χ0) is 36.3. The van der Waals surface area contributed by atoms with Crippen molar-refractivity contribution in [3.8, 4) is 0 Å². The van der Waals surface area contributed by atoms with Crippen molar-refractivity contribution in [3.63, 3.8) is 0 Å². The lowest BCUT2D eigenvalue weighted by molar-refractivity contribution is 0.103. The largest absolute Gasteiger partial charge is 0.289 e. The predicted molar refractivity (Wildman–Crippen MR) is 223 cm³/mol. The Kier molecular flexibility index (Phi) is 12.3. The van der Waals surface area contributed by atoms with Crippen LogP contribution in [0.3, 0.4) is 0 Å². The van der Waals surface area contributed by atoms with Crippen LogP contribution in [0, 0.1) is 13.8 Å². The first-order valence-electron chi connectivity index (χ1n) is 18.8. The van der Waals surface area contributed by atoms with Crippen molar-refractivity contribution >= 4 is 30.1 Å². The second-order valence-corrected chi connectivity index (χ2v) is 14.1. The van der Waals surface area contributed by atoms with Crippen molar-refractivity contribution in [1.82, 2.24) is 0 Å². The van der Waals surface area contributed by atoms with Crippen LogP contribution in [-0.2, 0) is 25.7 Å². The van der Waals surface area contributed by atoms with Gasteiger partial charge in [-0.15, -0.1) is 0 Å². The third-order valence-electron chi connectivity index (χ3n) is 9.75. The summed E-state index contributed by atoms with van der Waals surface area (Å²) in [5, 5.41) is 0. The van der Waals surface area contributed by atoms with E-state index in [-0.39, 0.29) is 5.78 Å². The normalized spacial score (nSPS) is 11.5. The Bertz CT molecular complexity index is 1990. The molecule has 0 bridgehead atoms. The highest BCUT2D eigenvalue weighted by molar-refractivity contribution is 6.11. The number of ketones is 1. The van der Waals surface area contributed by atoms with Crippen LogP contribution in [0.2, 0.25) is 0 Å². The van der Waals surface area contributed by atoms with Crippen molar-refractivity contribution in [3.05, 3.63) is 211 Å². The average molecular weight is 679 g/mol. The molecule has 0 aliphatic rings. The van der Waals surface area contributed by atoms with E-state index in [1.54, 1.807) is 0 Å². The molecule has 0 N–H and O–H groups in total. The molecule has 0 aliphatic carbocycles. The molecule has 0 spiro atoms. The van der Waals surface area contributed by atoms with E-state index in [1.807, 2.05) is 12.1 Å². The summed E-state index contributed by atoms with van der Waals surface area (Å²) in [5.74, 6) is 0.0679. The van der Waals surface area contributed by atoms with Crippen molar-refractivity contribution in [2.75, 3.05) is 0 Å². The molecule has 0 amide bonds. The van der Waals surface area contributed by atoms with Gasteiger partial charge in [-0.25, -0.2) is 0 Å². The second-order valence-electron chi connectivity index (χ2n) is 14.1. The molecule has 0 heterocycles. The molecule has 1 nitrogen and oxygen atoms in total. The SMILES string of the molecule is CCCc1ccc(Cc2cc(/C=C/c3ccc(C)cc3)ccc2C(=O)c2ccc(/C=C/c3ccc(C)cc3)cc2Cc2ccc(CCC)cc2)cc1. The Morgan fingerprint density at radius 3 is 1.12 bits per heavy atom.